The minimum atomic E-state index is -0.711. The first kappa shape index (κ1) is 19.1. The Bertz CT molecular complexity index is 613. The summed E-state index contributed by atoms with van der Waals surface area (Å²) in [5.74, 6) is -0.0479. The molecule has 0 aromatic carbocycles. The molecule has 5 atom stereocenters. The fraction of sp³-hybridized carbons (Fsp3) is 0.684. The number of nitrogens with one attached hydrogen (secondary N) is 1. The number of ether oxygens (including phenoxy) is 2. The van der Waals surface area contributed by atoms with E-state index in [2.05, 4.69) is 11.9 Å². The van der Waals surface area contributed by atoms with Gasteiger partial charge in [0.15, 0.2) is 0 Å². The Balaban J connectivity index is 1.62. The minimum Gasteiger partial charge on any atom is -0.495 e. The van der Waals surface area contributed by atoms with Crippen molar-refractivity contribution in [1.82, 2.24) is 5.32 Å². The van der Waals surface area contributed by atoms with Gasteiger partial charge < -0.3 is 20.3 Å². The molecule has 1 saturated carbocycles. The predicted molar refractivity (Wildman–Crippen MR) is 94.7 cm³/mol. The van der Waals surface area contributed by atoms with Gasteiger partial charge in [-0.05, 0) is 31.7 Å². The first-order valence-electron chi connectivity index (χ1n) is 9.30. The molecular formula is C19H28N2O5. The highest BCUT2D eigenvalue weighted by atomic mass is 16.6. The van der Waals surface area contributed by atoms with E-state index in [1.54, 1.807) is 6.08 Å². The molecule has 7 heteroatoms. The van der Waals surface area contributed by atoms with Crippen LogP contribution >= 0.6 is 0 Å². The van der Waals surface area contributed by atoms with E-state index in [1.165, 1.54) is 0 Å². The first-order chi connectivity index (χ1) is 12.4. The van der Waals surface area contributed by atoms with E-state index in [1.807, 2.05) is 6.92 Å². The zero-order valence-corrected chi connectivity index (χ0v) is 15.1. The van der Waals surface area contributed by atoms with Crippen LogP contribution in [0, 0.1) is 17.8 Å². The van der Waals surface area contributed by atoms with Crippen LogP contribution in [0.4, 0.5) is 0 Å². The second-order valence-corrected chi connectivity index (χ2v) is 7.65. The SMILES string of the molecule is C=C(OCC1OC(C2C=C(CC(C)CN)C(=O)NC2=O)CC1O)C1CC1. The molecule has 2 amide bonds. The molecule has 0 aromatic rings. The third kappa shape index (κ3) is 4.34. The van der Waals surface area contributed by atoms with E-state index < -0.39 is 24.2 Å². The number of amides is 2. The number of hydrogen-bond donors (Lipinski definition) is 3. The van der Waals surface area contributed by atoms with Gasteiger partial charge >= 0.3 is 0 Å². The van der Waals surface area contributed by atoms with Crippen molar-refractivity contribution < 1.29 is 24.2 Å². The Kier molecular flexibility index (Phi) is 5.79. The first-order valence-corrected chi connectivity index (χ1v) is 9.30. The second kappa shape index (κ2) is 7.90. The lowest BCUT2D eigenvalue weighted by Gasteiger charge is -2.26. The zero-order valence-electron chi connectivity index (χ0n) is 15.1. The largest absolute Gasteiger partial charge is 0.495 e. The molecule has 0 aromatic heterocycles. The third-order valence-electron chi connectivity index (χ3n) is 5.30. The highest BCUT2D eigenvalue weighted by Gasteiger charge is 2.43. The highest BCUT2D eigenvalue weighted by Crippen LogP contribution is 2.37. The van der Waals surface area contributed by atoms with Gasteiger partial charge in [0.2, 0.25) is 5.91 Å². The summed E-state index contributed by atoms with van der Waals surface area (Å²) in [6, 6.07) is 0. The van der Waals surface area contributed by atoms with Gasteiger partial charge in [-0.15, -0.1) is 0 Å². The van der Waals surface area contributed by atoms with Crippen molar-refractivity contribution in [3.05, 3.63) is 24.0 Å². The van der Waals surface area contributed by atoms with Gasteiger partial charge in [0.25, 0.3) is 5.91 Å². The Labute approximate surface area is 153 Å². The Hall–Kier alpha value is -1.70. The lowest BCUT2D eigenvalue weighted by atomic mass is 9.89. The quantitative estimate of drug-likeness (QED) is 0.430. The number of carbonyl (C=O) groups is 2. The van der Waals surface area contributed by atoms with Crippen LogP contribution in [0.25, 0.3) is 0 Å². The molecule has 1 aliphatic carbocycles. The third-order valence-corrected chi connectivity index (χ3v) is 5.30. The lowest BCUT2D eigenvalue weighted by molar-refractivity contribution is -0.135. The Morgan fingerprint density at radius 3 is 2.88 bits per heavy atom. The normalized spacial score (nSPS) is 32.8. The molecule has 3 rings (SSSR count). The highest BCUT2D eigenvalue weighted by molar-refractivity contribution is 6.08. The standard InChI is InChI=1S/C19H28N2O5/c1-10(8-20)5-13-6-14(19(24)21-18(13)23)16-7-15(22)17(26-16)9-25-11(2)12-3-4-12/h6,10,12,14-17,22H,2-5,7-9,20H2,1H3,(H,21,23,24). The molecule has 2 fully saturated rings. The van der Waals surface area contributed by atoms with Gasteiger partial charge in [0, 0.05) is 17.9 Å². The molecule has 2 heterocycles. The van der Waals surface area contributed by atoms with Gasteiger partial charge in [-0.25, -0.2) is 0 Å². The fourth-order valence-corrected chi connectivity index (χ4v) is 3.39. The zero-order chi connectivity index (χ0) is 18.8. The van der Waals surface area contributed by atoms with Crippen molar-refractivity contribution in [3.8, 4) is 0 Å². The number of allylic oxidation sites excluding steroid dienone is 1. The monoisotopic (exact) mass is 364 g/mol. The maximum Gasteiger partial charge on any atom is 0.253 e. The number of nitrogens with two attached hydrogens (primary N) is 1. The molecule has 26 heavy (non-hydrogen) atoms. The molecule has 4 N–H and O–H groups in total. The molecule has 2 aliphatic heterocycles. The van der Waals surface area contributed by atoms with Crippen molar-refractivity contribution in [1.29, 1.82) is 0 Å². The van der Waals surface area contributed by atoms with Crippen LogP contribution in [0.3, 0.4) is 0 Å². The number of aliphatic hydroxyl groups is 1. The van der Waals surface area contributed by atoms with Crippen LogP contribution in [0.1, 0.15) is 32.6 Å². The van der Waals surface area contributed by atoms with Crippen LogP contribution in [0.2, 0.25) is 0 Å². The molecule has 0 bridgehead atoms. The number of hydrogen-bond acceptors (Lipinski definition) is 6. The summed E-state index contributed by atoms with van der Waals surface area (Å²) < 4.78 is 11.5. The van der Waals surface area contributed by atoms with Crippen molar-refractivity contribution in [3.63, 3.8) is 0 Å². The number of imide groups is 1. The summed E-state index contributed by atoms with van der Waals surface area (Å²) in [6.45, 7) is 6.54. The van der Waals surface area contributed by atoms with Crippen LogP contribution in [-0.2, 0) is 19.1 Å². The van der Waals surface area contributed by atoms with Crippen molar-refractivity contribution in [2.45, 2.75) is 50.9 Å². The van der Waals surface area contributed by atoms with Gasteiger partial charge in [0.1, 0.15) is 12.7 Å². The maximum atomic E-state index is 12.3. The average Bonchev–Trinajstić information content (AvgIpc) is 3.39. The summed E-state index contributed by atoms with van der Waals surface area (Å²) in [6.07, 6.45) is 3.02. The molecule has 144 valence electrons. The van der Waals surface area contributed by atoms with Crippen molar-refractivity contribution >= 4 is 11.8 Å². The van der Waals surface area contributed by atoms with Crippen LogP contribution in [0.5, 0.6) is 0 Å². The number of aliphatic hydroxyl groups excluding tert-OH is 1. The molecular weight excluding hydrogens is 336 g/mol. The molecule has 0 spiro atoms. The summed E-state index contributed by atoms with van der Waals surface area (Å²) in [5.41, 5.74) is 6.18. The van der Waals surface area contributed by atoms with Crippen LogP contribution in [0.15, 0.2) is 24.0 Å². The Morgan fingerprint density at radius 1 is 1.50 bits per heavy atom. The van der Waals surface area contributed by atoms with E-state index in [4.69, 9.17) is 15.2 Å². The predicted octanol–water partition coefficient (Wildman–Crippen LogP) is 0.629. The van der Waals surface area contributed by atoms with Crippen molar-refractivity contribution in [2.24, 2.45) is 23.5 Å². The van der Waals surface area contributed by atoms with Gasteiger partial charge in [-0.1, -0.05) is 19.6 Å². The summed E-state index contributed by atoms with van der Waals surface area (Å²) in [7, 11) is 0. The van der Waals surface area contributed by atoms with Crippen LogP contribution in [-0.4, -0.2) is 48.4 Å². The number of carbonyl (C=O) groups excluding carboxylic acids is 2. The fourth-order valence-electron chi connectivity index (χ4n) is 3.39. The lowest BCUT2D eigenvalue weighted by Crippen LogP contribution is -2.45. The maximum absolute atomic E-state index is 12.3. The topological polar surface area (TPSA) is 111 Å². The van der Waals surface area contributed by atoms with Crippen LogP contribution < -0.4 is 11.1 Å². The van der Waals surface area contributed by atoms with Crippen molar-refractivity contribution in [2.75, 3.05) is 13.2 Å². The van der Waals surface area contributed by atoms with E-state index >= 15 is 0 Å². The van der Waals surface area contributed by atoms with E-state index in [0.717, 1.165) is 18.6 Å². The minimum absolute atomic E-state index is 0.144. The molecule has 7 nitrogen and oxygen atoms in total. The summed E-state index contributed by atoms with van der Waals surface area (Å²) >= 11 is 0. The second-order valence-electron chi connectivity index (χ2n) is 7.65. The van der Waals surface area contributed by atoms with E-state index in [9.17, 15) is 14.7 Å². The molecule has 3 aliphatic rings. The Morgan fingerprint density at radius 2 is 2.23 bits per heavy atom. The van der Waals surface area contributed by atoms with Gasteiger partial charge in [-0.3, -0.25) is 14.9 Å². The van der Waals surface area contributed by atoms with E-state index in [0.29, 0.717) is 30.9 Å². The summed E-state index contributed by atoms with van der Waals surface area (Å²) in [4.78, 5) is 24.3. The number of rotatable bonds is 8. The smallest absolute Gasteiger partial charge is 0.253 e. The van der Waals surface area contributed by atoms with Gasteiger partial charge in [-0.2, -0.15) is 0 Å². The van der Waals surface area contributed by atoms with E-state index in [-0.39, 0.29) is 24.3 Å². The molecule has 1 saturated heterocycles. The van der Waals surface area contributed by atoms with Gasteiger partial charge in [0.05, 0.1) is 23.9 Å². The molecule has 5 unspecified atom stereocenters. The molecule has 0 radical (unpaired) electrons. The summed E-state index contributed by atoms with van der Waals surface area (Å²) in [5, 5.41) is 12.7. The average molecular weight is 364 g/mol.